The maximum Gasteiger partial charge on any atom is 0.121 e. The van der Waals surface area contributed by atoms with Gasteiger partial charge in [-0.1, -0.05) is 66.7 Å². The summed E-state index contributed by atoms with van der Waals surface area (Å²) in [5.41, 5.74) is 5.62. The number of methoxy groups -OCH3 is 1. The van der Waals surface area contributed by atoms with Crippen molar-refractivity contribution < 1.29 is 4.74 Å². The molecule has 5 nitrogen and oxygen atoms in total. The molecule has 2 heterocycles. The summed E-state index contributed by atoms with van der Waals surface area (Å²) in [5, 5.41) is 0. The van der Waals surface area contributed by atoms with E-state index in [0.29, 0.717) is 0 Å². The Morgan fingerprint density at radius 1 is 0.812 bits per heavy atom. The van der Waals surface area contributed by atoms with Gasteiger partial charge in [-0.05, 0) is 12.1 Å². The van der Waals surface area contributed by atoms with Gasteiger partial charge in [0, 0.05) is 49.1 Å². The van der Waals surface area contributed by atoms with Gasteiger partial charge >= 0.3 is 0 Å². The van der Waals surface area contributed by atoms with Crippen LogP contribution in [-0.2, 0) is 6.54 Å². The summed E-state index contributed by atoms with van der Waals surface area (Å²) < 4.78 is 5.38. The smallest absolute Gasteiger partial charge is 0.121 e. The van der Waals surface area contributed by atoms with Crippen LogP contribution in [0.4, 0.5) is 5.69 Å². The van der Waals surface area contributed by atoms with E-state index in [1.54, 1.807) is 7.11 Å². The van der Waals surface area contributed by atoms with Crippen molar-refractivity contribution in [2.24, 2.45) is 0 Å². The topological polar surface area (TPSA) is 44.4 Å². The summed E-state index contributed by atoms with van der Waals surface area (Å²) >= 11 is 0. The second-order valence-electron chi connectivity index (χ2n) is 8.10. The predicted molar refractivity (Wildman–Crippen MR) is 130 cm³/mol. The van der Waals surface area contributed by atoms with E-state index in [2.05, 4.69) is 81.5 Å². The number of H-pyrrole nitrogens is 1. The number of hydrogen-bond acceptors (Lipinski definition) is 4. The normalized spacial score (nSPS) is 14.5. The Labute approximate surface area is 189 Å². The highest BCUT2D eigenvalue weighted by molar-refractivity contribution is 5.78. The zero-order valence-electron chi connectivity index (χ0n) is 18.4. The van der Waals surface area contributed by atoms with Crippen LogP contribution in [0.15, 0.2) is 84.9 Å². The molecular weight excluding hydrogens is 396 g/mol. The van der Waals surface area contributed by atoms with Crippen molar-refractivity contribution in [1.29, 1.82) is 0 Å². The second-order valence-corrected chi connectivity index (χ2v) is 8.10. The first-order chi connectivity index (χ1) is 15.8. The highest BCUT2D eigenvalue weighted by Crippen LogP contribution is 2.30. The molecule has 0 unspecified atom stereocenters. The van der Waals surface area contributed by atoms with Crippen molar-refractivity contribution in [3.05, 3.63) is 90.8 Å². The molecule has 32 heavy (non-hydrogen) atoms. The van der Waals surface area contributed by atoms with Crippen molar-refractivity contribution in [3.8, 4) is 28.3 Å². The summed E-state index contributed by atoms with van der Waals surface area (Å²) in [7, 11) is 1.72. The second kappa shape index (κ2) is 9.28. The van der Waals surface area contributed by atoms with Gasteiger partial charge in [-0.2, -0.15) is 0 Å². The Kier molecular flexibility index (Phi) is 5.90. The SMILES string of the molecule is COc1cccc(N2CCN(Cc3nc(-c4ccccc4)c(-c4ccccc4)[nH]3)CC2)c1. The van der Waals surface area contributed by atoms with E-state index in [0.717, 1.165) is 66.8 Å². The van der Waals surface area contributed by atoms with Gasteiger partial charge in [0.05, 0.1) is 25.0 Å². The zero-order chi connectivity index (χ0) is 21.8. The highest BCUT2D eigenvalue weighted by atomic mass is 16.5. The average Bonchev–Trinajstić information content (AvgIpc) is 3.29. The van der Waals surface area contributed by atoms with E-state index in [-0.39, 0.29) is 0 Å². The number of nitrogens with zero attached hydrogens (tertiary/aromatic N) is 3. The fraction of sp³-hybridized carbons (Fsp3) is 0.222. The number of anilines is 1. The van der Waals surface area contributed by atoms with Crippen molar-refractivity contribution in [1.82, 2.24) is 14.9 Å². The van der Waals surface area contributed by atoms with Gasteiger partial charge in [-0.3, -0.25) is 4.90 Å². The molecule has 0 aliphatic carbocycles. The molecule has 3 aromatic carbocycles. The van der Waals surface area contributed by atoms with Crippen LogP contribution in [-0.4, -0.2) is 48.2 Å². The van der Waals surface area contributed by atoms with Crippen molar-refractivity contribution in [2.45, 2.75) is 6.54 Å². The number of hydrogen-bond donors (Lipinski definition) is 1. The molecule has 0 bridgehead atoms. The summed E-state index contributed by atoms with van der Waals surface area (Å²) in [6.07, 6.45) is 0. The van der Waals surface area contributed by atoms with E-state index in [9.17, 15) is 0 Å². The van der Waals surface area contributed by atoms with Gasteiger partial charge in [0.2, 0.25) is 0 Å². The van der Waals surface area contributed by atoms with Crippen LogP contribution >= 0.6 is 0 Å². The lowest BCUT2D eigenvalue weighted by molar-refractivity contribution is 0.244. The first-order valence-corrected chi connectivity index (χ1v) is 11.1. The summed E-state index contributed by atoms with van der Waals surface area (Å²) in [4.78, 5) is 13.5. The number of nitrogens with one attached hydrogen (secondary N) is 1. The Bertz CT molecular complexity index is 1090. The number of ether oxygens (including phenoxy) is 1. The third-order valence-electron chi connectivity index (χ3n) is 6.03. The van der Waals surface area contributed by atoms with Gasteiger partial charge in [-0.25, -0.2) is 4.98 Å². The summed E-state index contributed by atoms with van der Waals surface area (Å²) in [6, 6.07) is 29.2. The minimum atomic E-state index is 0.818. The number of rotatable bonds is 6. The Morgan fingerprint density at radius 3 is 2.19 bits per heavy atom. The van der Waals surface area contributed by atoms with Gasteiger partial charge < -0.3 is 14.6 Å². The van der Waals surface area contributed by atoms with Crippen molar-refractivity contribution in [2.75, 3.05) is 38.2 Å². The Hall–Kier alpha value is -3.57. The maximum absolute atomic E-state index is 5.38. The number of aromatic nitrogens is 2. The lowest BCUT2D eigenvalue weighted by Crippen LogP contribution is -2.46. The fourth-order valence-electron chi connectivity index (χ4n) is 4.30. The first kappa shape index (κ1) is 20.3. The standard InChI is InChI=1S/C27H28N4O/c1-32-24-14-8-13-23(19-24)31-17-15-30(16-18-31)20-25-28-26(21-9-4-2-5-10-21)27(29-25)22-11-6-3-7-12-22/h2-14,19H,15-18,20H2,1H3,(H,28,29). The molecule has 5 rings (SSSR count). The molecule has 1 saturated heterocycles. The number of imidazole rings is 1. The summed E-state index contributed by atoms with van der Waals surface area (Å²) in [5.74, 6) is 1.92. The molecule has 0 spiro atoms. The molecular formula is C27H28N4O. The Morgan fingerprint density at radius 2 is 1.50 bits per heavy atom. The number of piperazine rings is 1. The average molecular weight is 425 g/mol. The quantitative estimate of drug-likeness (QED) is 0.469. The first-order valence-electron chi connectivity index (χ1n) is 11.1. The summed E-state index contributed by atoms with van der Waals surface area (Å²) in [6.45, 7) is 4.80. The number of aromatic amines is 1. The maximum atomic E-state index is 5.38. The zero-order valence-corrected chi connectivity index (χ0v) is 18.4. The minimum absolute atomic E-state index is 0.818. The molecule has 0 amide bonds. The van der Waals surface area contributed by atoms with Crippen LogP contribution in [0.1, 0.15) is 5.82 Å². The Balaban J connectivity index is 1.32. The molecule has 162 valence electrons. The van der Waals surface area contributed by atoms with Crippen molar-refractivity contribution >= 4 is 5.69 Å². The lowest BCUT2D eigenvalue weighted by Gasteiger charge is -2.35. The van der Waals surface area contributed by atoms with Crippen LogP contribution < -0.4 is 9.64 Å². The molecule has 0 atom stereocenters. The number of benzene rings is 3. The molecule has 1 aliphatic rings. The van der Waals surface area contributed by atoms with E-state index in [1.807, 2.05) is 18.2 Å². The molecule has 0 saturated carbocycles. The van der Waals surface area contributed by atoms with Crippen LogP contribution in [0.3, 0.4) is 0 Å². The van der Waals surface area contributed by atoms with Crippen LogP contribution in [0.25, 0.3) is 22.5 Å². The van der Waals surface area contributed by atoms with E-state index in [1.165, 1.54) is 5.69 Å². The monoisotopic (exact) mass is 424 g/mol. The third-order valence-corrected chi connectivity index (χ3v) is 6.03. The van der Waals surface area contributed by atoms with Crippen molar-refractivity contribution in [3.63, 3.8) is 0 Å². The predicted octanol–water partition coefficient (Wildman–Crippen LogP) is 5.07. The molecule has 5 heteroatoms. The molecule has 4 aromatic rings. The fourth-order valence-corrected chi connectivity index (χ4v) is 4.30. The van der Waals surface area contributed by atoms with Gasteiger partial charge in [0.1, 0.15) is 11.6 Å². The van der Waals surface area contributed by atoms with Gasteiger partial charge in [0.15, 0.2) is 0 Å². The molecule has 1 aromatic heterocycles. The largest absolute Gasteiger partial charge is 0.497 e. The third kappa shape index (κ3) is 4.39. The van der Waals surface area contributed by atoms with Crippen LogP contribution in [0.2, 0.25) is 0 Å². The minimum Gasteiger partial charge on any atom is -0.497 e. The van der Waals surface area contributed by atoms with E-state index in [4.69, 9.17) is 9.72 Å². The lowest BCUT2D eigenvalue weighted by atomic mass is 10.1. The molecule has 1 aliphatic heterocycles. The van der Waals surface area contributed by atoms with Gasteiger partial charge in [0.25, 0.3) is 0 Å². The highest BCUT2D eigenvalue weighted by Gasteiger charge is 2.20. The van der Waals surface area contributed by atoms with Gasteiger partial charge in [-0.15, -0.1) is 0 Å². The molecule has 1 N–H and O–H groups in total. The molecule has 0 radical (unpaired) electrons. The molecule has 1 fully saturated rings. The van der Waals surface area contributed by atoms with E-state index < -0.39 is 0 Å². The van der Waals surface area contributed by atoms with Crippen LogP contribution in [0, 0.1) is 0 Å². The van der Waals surface area contributed by atoms with Crippen LogP contribution in [0.5, 0.6) is 5.75 Å². The van der Waals surface area contributed by atoms with E-state index >= 15 is 0 Å².